The van der Waals surface area contributed by atoms with E-state index in [-0.39, 0.29) is 11.5 Å². The molecule has 0 radical (unpaired) electrons. The van der Waals surface area contributed by atoms with E-state index >= 15 is 0 Å². The topological polar surface area (TPSA) is 80.4 Å². The number of aliphatic hydroxyl groups excluding tert-OH is 1. The van der Waals surface area contributed by atoms with Crippen molar-refractivity contribution in [2.24, 2.45) is 5.73 Å². The molecule has 0 heterocycles. The first-order valence-electron chi connectivity index (χ1n) is 4.11. The molecule has 4 nitrogen and oxygen atoms in total. The van der Waals surface area contributed by atoms with Gasteiger partial charge in [-0.1, -0.05) is 12.1 Å². The molecule has 78 valence electrons. The summed E-state index contributed by atoms with van der Waals surface area (Å²) in [6.07, 6.45) is 1.14. The molecule has 0 saturated carbocycles. The SMILES string of the molecule is CS(=O)(=O)c1cccc([C@@H](N)CO)c1. The van der Waals surface area contributed by atoms with Gasteiger partial charge in [-0.15, -0.1) is 0 Å². The quantitative estimate of drug-likeness (QED) is 0.748. The number of aliphatic hydroxyl groups is 1. The Labute approximate surface area is 83.3 Å². The van der Waals surface area contributed by atoms with Gasteiger partial charge in [-0.3, -0.25) is 0 Å². The van der Waals surface area contributed by atoms with E-state index in [1.807, 2.05) is 0 Å². The number of nitrogens with two attached hydrogens (primary N) is 1. The van der Waals surface area contributed by atoms with Crippen LogP contribution in [-0.4, -0.2) is 26.4 Å². The Bertz CT molecular complexity index is 414. The molecule has 1 atom stereocenters. The second-order valence-electron chi connectivity index (χ2n) is 3.13. The van der Waals surface area contributed by atoms with Crippen LogP contribution in [0.15, 0.2) is 29.2 Å². The van der Waals surface area contributed by atoms with Crippen molar-refractivity contribution >= 4 is 9.84 Å². The second kappa shape index (κ2) is 4.08. The lowest BCUT2D eigenvalue weighted by Gasteiger charge is -2.09. The number of rotatable bonds is 3. The van der Waals surface area contributed by atoms with Gasteiger partial charge in [-0.25, -0.2) is 8.42 Å². The van der Waals surface area contributed by atoms with Crippen molar-refractivity contribution in [1.82, 2.24) is 0 Å². The third-order valence-electron chi connectivity index (χ3n) is 1.91. The van der Waals surface area contributed by atoms with Crippen LogP contribution < -0.4 is 5.73 Å². The van der Waals surface area contributed by atoms with E-state index in [9.17, 15) is 8.42 Å². The summed E-state index contributed by atoms with van der Waals surface area (Å²) in [7, 11) is -3.20. The van der Waals surface area contributed by atoms with E-state index in [1.165, 1.54) is 12.1 Å². The zero-order valence-electron chi connectivity index (χ0n) is 7.84. The fourth-order valence-electron chi connectivity index (χ4n) is 1.08. The first kappa shape index (κ1) is 11.2. The van der Waals surface area contributed by atoms with E-state index < -0.39 is 15.9 Å². The summed E-state index contributed by atoms with van der Waals surface area (Å²) < 4.78 is 22.4. The lowest BCUT2D eigenvalue weighted by atomic mass is 10.1. The summed E-state index contributed by atoms with van der Waals surface area (Å²) in [5.41, 5.74) is 6.18. The van der Waals surface area contributed by atoms with Crippen molar-refractivity contribution in [1.29, 1.82) is 0 Å². The maximum atomic E-state index is 11.2. The van der Waals surface area contributed by atoms with Crippen molar-refractivity contribution in [3.05, 3.63) is 29.8 Å². The fourth-order valence-corrected chi connectivity index (χ4v) is 1.76. The van der Waals surface area contributed by atoms with Gasteiger partial charge < -0.3 is 10.8 Å². The van der Waals surface area contributed by atoms with Gasteiger partial charge in [0, 0.05) is 6.26 Å². The Morgan fingerprint density at radius 3 is 2.64 bits per heavy atom. The summed E-state index contributed by atoms with van der Waals surface area (Å²) >= 11 is 0. The molecule has 0 aliphatic carbocycles. The average Bonchev–Trinajstić information content (AvgIpc) is 2.15. The highest BCUT2D eigenvalue weighted by Crippen LogP contribution is 2.15. The van der Waals surface area contributed by atoms with Gasteiger partial charge in [0.2, 0.25) is 0 Å². The van der Waals surface area contributed by atoms with Gasteiger partial charge in [0.25, 0.3) is 0 Å². The Hall–Kier alpha value is -0.910. The van der Waals surface area contributed by atoms with Crippen molar-refractivity contribution in [3.8, 4) is 0 Å². The zero-order chi connectivity index (χ0) is 10.8. The molecule has 5 heteroatoms. The molecule has 0 unspecified atom stereocenters. The van der Waals surface area contributed by atoms with Crippen LogP contribution in [0.25, 0.3) is 0 Å². The molecular formula is C9H13NO3S. The molecule has 1 aromatic carbocycles. The van der Waals surface area contributed by atoms with Crippen LogP contribution in [0.1, 0.15) is 11.6 Å². The van der Waals surface area contributed by atoms with E-state index in [1.54, 1.807) is 12.1 Å². The lowest BCUT2D eigenvalue weighted by Crippen LogP contribution is -2.14. The Balaban J connectivity index is 3.14. The summed E-state index contributed by atoms with van der Waals surface area (Å²) in [6.45, 7) is -0.201. The Morgan fingerprint density at radius 2 is 2.14 bits per heavy atom. The third kappa shape index (κ3) is 2.54. The summed E-state index contributed by atoms with van der Waals surface area (Å²) in [5.74, 6) is 0. The normalized spacial score (nSPS) is 13.9. The number of hydrogen-bond acceptors (Lipinski definition) is 4. The van der Waals surface area contributed by atoms with Crippen LogP contribution >= 0.6 is 0 Å². The summed E-state index contributed by atoms with van der Waals surface area (Å²) in [6, 6.07) is 5.76. The van der Waals surface area contributed by atoms with Crippen LogP contribution in [0.3, 0.4) is 0 Å². The molecule has 0 bridgehead atoms. The minimum Gasteiger partial charge on any atom is -0.394 e. The van der Waals surface area contributed by atoms with Crippen molar-refractivity contribution in [2.75, 3.05) is 12.9 Å². The minimum absolute atomic E-state index is 0.201. The highest BCUT2D eigenvalue weighted by molar-refractivity contribution is 7.90. The van der Waals surface area contributed by atoms with Crippen molar-refractivity contribution in [3.63, 3.8) is 0 Å². The molecule has 0 aliphatic rings. The molecule has 0 aliphatic heterocycles. The van der Waals surface area contributed by atoms with Crippen LogP contribution in [-0.2, 0) is 9.84 Å². The molecule has 0 fully saturated rings. The molecule has 0 amide bonds. The maximum absolute atomic E-state index is 11.2. The molecule has 0 saturated heterocycles. The smallest absolute Gasteiger partial charge is 0.175 e. The van der Waals surface area contributed by atoms with Crippen LogP contribution in [0.5, 0.6) is 0 Å². The standard InChI is InChI=1S/C9H13NO3S/c1-14(12,13)8-4-2-3-7(5-8)9(10)6-11/h2-5,9,11H,6,10H2,1H3/t9-/m0/s1. The lowest BCUT2D eigenvalue weighted by molar-refractivity contribution is 0.268. The number of hydrogen-bond donors (Lipinski definition) is 2. The number of benzene rings is 1. The van der Waals surface area contributed by atoms with E-state index in [4.69, 9.17) is 10.8 Å². The predicted molar refractivity (Wildman–Crippen MR) is 53.6 cm³/mol. The molecule has 3 N–H and O–H groups in total. The monoisotopic (exact) mass is 215 g/mol. The molecule has 1 aromatic rings. The molecule has 0 aromatic heterocycles. The first-order chi connectivity index (χ1) is 6.45. The molecular weight excluding hydrogens is 202 g/mol. The van der Waals surface area contributed by atoms with E-state index in [0.717, 1.165) is 6.26 Å². The van der Waals surface area contributed by atoms with E-state index in [0.29, 0.717) is 5.56 Å². The second-order valence-corrected chi connectivity index (χ2v) is 5.15. The molecule has 14 heavy (non-hydrogen) atoms. The van der Waals surface area contributed by atoms with Gasteiger partial charge in [-0.2, -0.15) is 0 Å². The minimum atomic E-state index is -3.20. The van der Waals surface area contributed by atoms with Gasteiger partial charge in [-0.05, 0) is 17.7 Å². The van der Waals surface area contributed by atoms with Crippen LogP contribution in [0.4, 0.5) is 0 Å². The molecule has 1 rings (SSSR count). The Kier molecular flexibility index (Phi) is 3.25. The Morgan fingerprint density at radius 1 is 1.50 bits per heavy atom. The first-order valence-corrected chi connectivity index (χ1v) is 6.00. The van der Waals surface area contributed by atoms with Crippen molar-refractivity contribution < 1.29 is 13.5 Å². The highest BCUT2D eigenvalue weighted by Gasteiger charge is 2.10. The average molecular weight is 215 g/mol. The highest BCUT2D eigenvalue weighted by atomic mass is 32.2. The van der Waals surface area contributed by atoms with Crippen LogP contribution in [0, 0.1) is 0 Å². The van der Waals surface area contributed by atoms with E-state index in [2.05, 4.69) is 0 Å². The third-order valence-corrected chi connectivity index (χ3v) is 3.02. The summed E-state index contributed by atoms with van der Waals surface area (Å²) in [4.78, 5) is 0.221. The number of sulfone groups is 1. The van der Waals surface area contributed by atoms with Gasteiger partial charge in [0.1, 0.15) is 0 Å². The zero-order valence-corrected chi connectivity index (χ0v) is 8.66. The largest absolute Gasteiger partial charge is 0.394 e. The van der Waals surface area contributed by atoms with Gasteiger partial charge in [0.15, 0.2) is 9.84 Å². The van der Waals surface area contributed by atoms with Crippen LogP contribution in [0.2, 0.25) is 0 Å². The predicted octanol–water partition coefficient (Wildman–Crippen LogP) is 0.0822. The van der Waals surface area contributed by atoms with Gasteiger partial charge in [0.05, 0.1) is 17.5 Å². The fraction of sp³-hybridized carbons (Fsp3) is 0.333. The van der Waals surface area contributed by atoms with Gasteiger partial charge >= 0.3 is 0 Å². The summed E-state index contributed by atoms with van der Waals surface area (Å²) in [5, 5.41) is 8.81. The van der Waals surface area contributed by atoms with Crippen molar-refractivity contribution in [2.45, 2.75) is 10.9 Å². The molecule has 0 spiro atoms. The maximum Gasteiger partial charge on any atom is 0.175 e.